The number of hydrogen-bond donors (Lipinski definition) is 0. The van der Waals surface area contributed by atoms with Crippen LogP contribution in [0.25, 0.3) is 0 Å². The molecule has 0 bridgehead atoms. The molecule has 0 aromatic carbocycles. The number of aromatic nitrogens is 2. The number of halogens is 1. The van der Waals surface area contributed by atoms with E-state index in [2.05, 4.69) is 16.9 Å². The van der Waals surface area contributed by atoms with E-state index in [1.165, 1.54) is 0 Å². The lowest BCUT2D eigenvalue weighted by molar-refractivity contribution is 0.198. The van der Waals surface area contributed by atoms with Crippen molar-refractivity contribution in [2.24, 2.45) is 0 Å². The SMILES string of the molecule is CCC(C)Oc1ncc(CCl)c(C)n1. The second kappa shape index (κ2) is 5.15. The van der Waals surface area contributed by atoms with Gasteiger partial charge in [0, 0.05) is 17.5 Å². The van der Waals surface area contributed by atoms with Gasteiger partial charge in [-0.05, 0) is 20.3 Å². The standard InChI is InChI=1S/C10H15ClN2O/c1-4-7(2)14-10-12-6-9(5-11)8(3)13-10/h6-7H,4-5H2,1-3H3. The maximum atomic E-state index is 5.70. The highest BCUT2D eigenvalue weighted by atomic mass is 35.5. The van der Waals surface area contributed by atoms with Crippen LogP contribution in [0, 0.1) is 6.92 Å². The molecule has 0 aliphatic heterocycles. The Labute approximate surface area is 89.5 Å². The molecule has 0 saturated heterocycles. The molecule has 0 aliphatic rings. The number of rotatable bonds is 4. The molecule has 1 rings (SSSR count). The summed E-state index contributed by atoms with van der Waals surface area (Å²) in [5.74, 6) is 0.440. The quantitative estimate of drug-likeness (QED) is 0.723. The smallest absolute Gasteiger partial charge is 0.316 e. The van der Waals surface area contributed by atoms with Gasteiger partial charge in [-0.15, -0.1) is 11.6 Å². The highest BCUT2D eigenvalue weighted by Crippen LogP contribution is 2.12. The molecule has 1 aromatic rings. The zero-order valence-corrected chi connectivity index (χ0v) is 9.51. The van der Waals surface area contributed by atoms with Gasteiger partial charge in [0.2, 0.25) is 0 Å². The van der Waals surface area contributed by atoms with E-state index in [4.69, 9.17) is 16.3 Å². The number of alkyl halides is 1. The maximum absolute atomic E-state index is 5.70. The van der Waals surface area contributed by atoms with Crippen LogP contribution in [0.1, 0.15) is 31.5 Å². The largest absolute Gasteiger partial charge is 0.460 e. The molecule has 0 saturated carbocycles. The fraction of sp³-hybridized carbons (Fsp3) is 0.600. The van der Waals surface area contributed by atoms with E-state index in [0.717, 1.165) is 17.7 Å². The van der Waals surface area contributed by atoms with Gasteiger partial charge in [-0.2, -0.15) is 0 Å². The van der Waals surface area contributed by atoms with Crippen molar-refractivity contribution < 1.29 is 4.74 Å². The first kappa shape index (κ1) is 11.2. The molecule has 1 heterocycles. The molecule has 0 spiro atoms. The molecule has 0 aliphatic carbocycles. The van der Waals surface area contributed by atoms with Crippen LogP contribution in [0.2, 0.25) is 0 Å². The lowest BCUT2D eigenvalue weighted by atomic mass is 10.3. The Morgan fingerprint density at radius 1 is 1.57 bits per heavy atom. The fourth-order valence-electron chi connectivity index (χ4n) is 0.922. The highest BCUT2D eigenvalue weighted by molar-refractivity contribution is 6.17. The second-order valence-corrected chi connectivity index (χ2v) is 3.50. The Morgan fingerprint density at radius 3 is 2.79 bits per heavy atom. The summed E-state index contributed by atoms with van der Waals surface area (Å²) in [5, 5.41) is 0. The first-order chi connectivity index (χ1) is 6.67. The van der Waals surface area contributed by atoms with E-state index in [1.807, 2.05) is 13.8 Å². The average Bonchev–Trinajstić information content (AvgIpc) is 2.18. The first-order valence-corrected chi connectivity index (χ1v) is 5.26. The molecule has 0 radical (unpaired) electrons. The van der Waals surface area contributed by atoms with E-state index in [9.17, 15) is 0 Å². The van der Waals surface area contributed by atoms with E-state index in [-0.39, 0.29) is 6.10 Å². The van der Waals surface area contributed by atoms with Gasteiger partial charge in [-0.3, -0.25) is 0 Å². The summed E-state index contributed by atoms with van der Waals surface area (Å²) in [7, 11) is 0. The van der Waals surface area contributed by atoms with Gasteiger partial charge in [0.25, 0.3) is 0 Å². The molecule has 0 fully saturated rings. The van der Waals surface area contributed by atoms with Crippen molar-refractivity contribution in [3.05, 3.63) is 17.5 Å². The normalized spacial score (nSPS) is 12.6. The van der Waals surface area contributed by atoms with E-state index < -0.39 is 0 Å². The van der Waals surface area contributed by atoms with Crippen LogP contribution < -0.4 is 4.74 Å². The molecule has 4 heteroatoms. The van der Waals surface area contributed by atoms with Crippen molar-refractivity contribution in [3.8, 4) is 6.01 Å². The van der Waals surface area contributed by atoms with Crippen LogP contribution in [0.5, 0.6) is 6.01 Å². The van der Waals surface area contributed by atoms with E-state index in [1.54, 1.807) is 6.20 Å². The number of nitrogens with zero attached hydrogens (tertiary/aromatic N) is 2. The van der Waals surface area contributed by atoms with E-state index in [0.29, 0.717) is 11.9 Å². The molecule has 0 amide bonds. The van der Waals surface area contributed by atoms with Gasteiger partial charge < -0.3 is 4.74 Å². The third-order valence-electron chi connectivity index (χ3n) is 2.08. The van der Waals surface area contributed by atoms with Crippen LogP contribution in [0.15, 0.2) is 6.20 Å². The van der Waals surface area contributed by atoms with Gasteiger partial charge in [-0.1, -0.05) is 6.92 Å². The summed E-state index contributed by atoms with van der Waals surface area (Å²) in [4.78, 5) is 8.29. The van der Waals surface area contributed by atoms with Crippen LogP contribution >= 0.6 is 11.6 Å². The summed E-state index contributed by atoms with van der Waals surface area (Å²) in [5.41, 5.74) is 1.83. The molecular formula is C10H15ClN2O. The number of hydrogen-bond acceptors (Lipinski definition) is 3. The Hall–Kier alpha value is -0.830. The third-order valence-corrected chi connectivity index (χ3v) is 2.37. The van der Waals surface area contributed by atoms with Crippen molar-refractivity contribution in [3.63, 3.8) is 0 Å². The zero-order chi connectivity index (χ0) is 10.6. The van der Waals surface area contributed by atoms with Gasteiger partial charge in [0.05, 0.1) is 12.0 Å². The average molecular weight is 215 g/mol. The van der Waals surface area contributed by atoms with Crippen molar-refractivity contribution >= 4 is 11.6 Å². The summed E-state index contributed by atoms with van der Waals surface area (Å²) >= 11 is 5.70. The predicted molar refractivity (Wildman–Crippen MR) is 56.7 cm³/mol. The molecular weight excluding hydrogens is 200 g/mol. The van der Waals surface area contributed by atoms with E-state index >= 15 is 0 Å². The maximum Gasteiger partial charge on any atom is 0.316 e. The van der Waals surface area contributed by atoms with Crippen LogP contribution in [-0.4, -0.2) is 16.1 Å². The van der Waals surface area contributed by atoms with Gasteiger partial charge in [0.1, 0.15) is 0 Å². The summed E-state index contributed by atoms with van der Waals surface area (Å²) in [6.45, 7) is 5.96. The zero-order valence-electron chi connectivity index (χ0n) is 8.75. The lowest BCUT2D eigenvalue weighted by Crippen LogP contribution is -2.12. The minimum absolute atomic E-state index is 0.149. The molecule has 14 heavy (non-hydrogen) atoms. The monoisotopic (exact) mass is 214 g/mol. The Balaban J connectivity index is 2.76. The Morgan fingerprint density at radius 2 is 2.29 bits per heavy atom. The number of ether oxygens (including phenoxy) is 1. The molecule has 78 valence electrons. The van der Waals surface area contributed by atoms with Crippen LogP contribution in [-0.2, 0) is 5.88 Å². The predicted octanol–water partition coefficient (Wildman–Crippen LogP) is 2.70. The number of aryl methyl sites for hydroxylation is 1. The van der Waals surface area contributed by atoms with Crippen molar-refractivity contribution in [1.82, 2.24) is 9.97 Å². The second-order valence-electron chi connectivity index (χ2n) is 3.23. The van der Waals surface area contributed by atoms with Crippen molar-refractivity contribution in [2.45, 2.75) is 39.2 Å². The summed E-state index contributed by atoms with van der Waals surface area (Å²) < 4.78 is 5.48. The van der Waals surface area contributed by atoms with Crippen LogP contribution in [0.3, 0.4) is 0 Å². The van der Waals surface area contributed by atoms with Gasteiger partial charge >= 0.3 is 6.01 Å². The third kappa shape index (κ3) is 2.84. The molecule has 1 atom stereocenters. The molecule has 3 nitrogen and oxygen atoms in total. The minimum atomic E-state index is 0.149. The summed E-state index contributed by atoms with van der Waals surface area (Å²) in [6.07, 6.45) is 2.81. The molecule has 1 unspecified atom stereocenters. The fourth-order valence-corrected chi connectivity index (χ4v) is 1.18. The first-order valence-electron chi connectivity index (χ1n) is 4.72. The molecule has 0 N–H and O–H groups in total. The van der Waals surface area contributed by atoms with Crippen LogP contribution in [0.4, 0.5) is 0 Å². The van der Waals surface area contributed by atoms with Crippen molar-refractivity contribution in [1.29, 1.82) is 0 Å². The van der Waals surface area contributed by atoms with Crippen molar-refractivity contribution in [2.75, 3.05) is 0 Å². The van der Waals surface area contributed by atoms with Gasteiger partial charge in [0.15, 0.2) is 0 Å². The Bertz CT molecular complexity index is 304. The lowest BCUT2D eigenvalue weighted by Gasteiger charge is -2.11. The molecule has 1 aromatic heterocycles. The minimum Gasteiger partial charge on any atom is -0.460 e. The van der Waals surface area contributed by atoms with Gasteiger partial charge in [-0.25, -0.2) is 9.97 Å². The topological polar surface area (TPSA) is 35.0 Å². The highest BCUT2D eigenvalue weighted by Gasteiger charge is 2.06. The Kier molecular flexibility index (Phi) is 4.14. The summed E-state index contributed by atoms with van der Waals surface area (Å²) in [6, 6.07) is 0.436.